The standard InChI is InChI=1S/C20H15BrN4O2S/c1-12(18(26)23-15-9-7-14(21)8-10-15)28-20-24-17(13-5-3-2-4-6-13)16(11-22)19(27)25-20/h2-10,12H,1H3,(H,23,26)(H,24,25,27)/t12-/m0/s1. The molecule has 140 valence electrons. The molecule has 0 bridgehead atoms. The molecule has 1 atom stereocenters. The van der Waals surface area contributed by atoms with Gasteiger partial charge >= 0.3 is 0 Å². The van der Waals surface area contributed by atoms with E-state index in [-0.39, 0.29) is 16.6 Å². The van der Waals surface area contributed by atoms with Crippen molar-refractivity contribution < 1.29 is 4.79 Å². The van der Waals surface area contributed by atoms with Gasteiger partial charge in [0.05, 0.1) is 10.9 Å². The Bertz CT molecular complexity index is 1090. The quantitative estimate of drug-likeness (QED) is 0.444. The summed E-state index contributed by atoms with van der Waals surface area (Å²) < 4.78 is 0.917. The summed E-state index contributed by atoms with van der Waals surface area (Å²) in [6.45, 7) is 1.72. The van der Waals surface area contributed by atoms with Crippen LogP contribution in [0.25, 0.3) is 11.3 Å². The van der Waals surface area contributed by atoms with E-state index in [1.54, 1.807) is 43.3 Å². The molecule has 0 radical (unpaired) electrons. The summed E-state index contributed by atoms with van der Waals surface area (Å²) >= 11 is 4.47. The lowest BCUT2D eigenvalue weighted by Gasteiger charge is -2.12. The van der Waals surface area contributed by atoms with E-state index in [0.717, 1.165) is 16.2 Å². The fourth-order valence-electron chi connectivity index (χ4n) is 2.42. The number of nitrogens with zero attached hydrogens (tertiary/aromatic N) is 2. The Balaban J connectivity index is 1.83. The predicted octanol–water partition coefficient (Wildman–Crippen LogP) is 4.19. The largest absolute Gasteiger partial charge is 0.325 e. The molecule has 3 aromatic rings. The minimum Gasteiger partial charge on any atom is -0.325 e. The third-order valence-corrected chi connectivity index (χ3v) is 5.34. The summed E-state index contributed by atoms with van der Waals surface area (Å²) in [7, 11) is 0. The Labute approximate surface area is 174 Å². The van der Waals surface area contributed by atoms with Crippen LogP contribution in [0.4, 0.5) is 5.69 Å². The molecule has 2 aromatic carbocycles. The summed E-state index contributed by atoms with van der Waals surface area (Å²) in [4.78, 5) is 31.7. The highest BCUT2D eigenvalue weighted by molar-refractivity contribution is 9.10. The highest BCUT2D eigenvalue weighted by atomic mass is 79.9. The van der Waals surface area contributed by atoms with Gasteiger partial charge in [0.25, 0.3) is 5.56 Å². The highest BCUT2D eigenvalue weighted by Gasteiger charge is 2.19. The molecular formula is C20H15BrN4O2S. The Morgan fingerprint density at radius 1 is 1.21 bits per heavy atom. The molecule has 8 heteroatoms. The number of anilines is 1. The maximum Gasteiger partial charge on any atom is 0.270 e. The number of hydrogen-bond acceptors (Lipinski definition) is 5. The summed E-state index contributed by atoms with van der Waals surface area (Å²) in [5.41, 5.74) is 1.06. The number of nitrogens with one attached hydrogen (secondary N) is 2. The number of thioether (sulfide) groups is 1. The van der Waals surface area contributed by atoms with E-state index in [4.69, 9.17) is 0 Å². The van der Waals surface area contributed by atoms with Crippen LogP contribution in [0.5, 0.6) is 0 Å². The van der Waals surface area contributed by atoms with Crippen LogP contribution in [0.3, 0.4) is 0 Å². The molecule has 28 heavy (non-hydrogen) atoms. The van der Waals surface area contributed by atoms with Gasteiger partial charge in [0.2, 0.25) is 5.91 Å². The van der Waals surface area contributed by atoms with Gasteiger partial charge in [0.1, 0.15) is 11.6 Å². The van der Waals surface area contributed by atoms with E-state index in [1.165, 1.54) is 0 Å². The lowest BCUT2D eigenvalue weighted by Crippen LogP contribution is -2.23. The molecule has 0 spiro atoms. The first-order chi connectivity index (χ1) is 13.5. The van der Waals surface area contributed by atoms with Crippen LogP contribution < -0.4 is 10.9 Å². The van der Waals surface area contributed by atoms with Gasteiger partial charge in [-0.2, -0.15) is 5.26 Å². The van der Waals surface area contributed by atoms with Gasteiger partial charge in [0, 0.05) is 15.7 Å². The maximum atomic E-state index is 12.4. The zero-order valence-electron chi connectivity index (χ0n) is 14.8. The van der Waals surface area contributed by atoms with Gasteiger partial charge in [-0.05, 0) is 31.2 Å². The molecule has 3 rings (SSSR count). The second kappa shape index (κ2) is 8.87. The topological polar surface area (TPSA) is 98.6 Å². The Kier molecular flexibility index (Phi) is 6.29. The average Bonchev–Trinajstić information content (AvgIpc) is 2.70. The van der Waals surface area contributed by atoms with Crippen molar-refractivity contribution >= 4 is 39.3 Å². The SMILES string of the molecule is C[C@H](Sc1nc(-c2ccccc2)c(C#N)c(=O)[nH]1)C(=O)Nc1ccc(Br)cc1. The molecule has 1 heterocycles. The Hall–Kier alpha value is -2.89. The number of aromatic nitrogens is 2. The number of H-pyrrole nitrogens is 1. The van der Waals surface area contributed by atoms with E-state index >= 15 is 0 Å². The number of benzene rings is 2. The zero-order valence-corrected chi connectivity index (χ0v) is 17.2. The second-order valence-corrected chi connectivity index (χ2v) is 8.07. The van der Waals surface area contributed by atoms with Crippen molar-refractivity contribution in [2.24, 2.45) is 0 Å². The zero-order chi connectivity index (χ0) is 20.1. The van der Waals surface area contributed by atoms with Gasteiger partial charge in [-0.1, -0.05) is 58.0 Å². The lowest BCUT2D eigenvalue weighted by atomic mass is 10.1. The Morgan fingerprint density at radius 2 is 1.89 bits per heavy atom. The van der Waals surface area contributed by atoms with Crippen molar-refractivity contribution in [1.29, 1.82) is 5.26 Å². The summed E-state index contributed by atoms with van der Waals surface area (Å²) in [6.07, 6.45) is 0. The van der Waals surface area contributed by atoms with Crippen molar-refractivity contribution in [3.8, 4) is 17.3 Å². The minimum absolute atomic E-state index is 0.0532. The van der Waals surface area contributed by atoms with Crippen molar-refractivity contribution in [3.05, 3.63) is 75.0 Å². The van der Waals surface area contributed by atoms with Crippen molar-refractivity contribution in [2.45, 2.75) is 17.3 Å². The number of carbonyl (C=O) groups is 1. The number of amides is 1. The smallest absolute Gasteiger partial charge is 0.270 e. The van der Waals surface area contributed by atoms with Crippen LogP contribution in [0.15, 0.2) is 69.0 Å². The Morgan fingerprint density at radius 3 is 2.54 bits per heavy atom. The van der Waals surface area contributed by atoms with Gasteiger partial charge in [-0.15, -0.1) is 0 Å². The first-order valence-corrected chi connectivity index (χ1v) is 9.98. The van der Waals surface area contributed by atoms with E-state index in [1.807, 2.05) is 24.3 Å². The van der Waals surface area contributed by atoms with E-state index in [9.17, 15) is 14.9 Å². The normalized spacial score (nSPS) is 11.5. The van der Waals surface area contributed by atoms with Crippen molar-refractivity contribution in [1.82, 2.24) is 9.97 Å². The molecular weight excluding hydrogens is 440 g/mol. The van der Waals surface area contributed by atoms with Crippen LogP contribution in [-0.4, -0.2) is 21.1 Å². The molecule has 1 amide bonds. The van der Waals surface area contributed by atoms with Gasteiger partial charge in [-0.3, -0.25) is 9.59 Å². The number of halogens is 1. The molecule has 0 aliphatic carbocycles. The van der Waals surface area contributed by atoms with Crippen molar-refractivity contribution in [3.63, 3.8) is 0 Å². The first-order valence-electron chi connectivity index (χ1n) is 8.31. The van der Waals surface area contributed by atoms with Crippen LogP contribution in [-0.2, 0) is 4.79 Å². The number of aromatic amines is 1. The van der Waals surface area contributed by atoms with Crippen LogP contribution in [0.1, 0.15) is 12.5 Å². The first kappa shape index (κ1) is 19.9. The summed E-state index contributed by atoms with van der Waals surface area (Å²) in [5, 5.41) is 11.9. The minimum atomic E-state index is -0.528. The fourth-order valence-corrected chi connectivity index (χ4v) is 3.48. The van der Waals surface area contributed by atoms with Gasteiger partial charge in [0.15, 0.2) is 5.16 Å². The van der Waals surface area contributed by atoms with Crippen LogP contribution in [0.2, 0.25) is 0 Å². The summed E-state index contributed by atoms with van der Waals surface area (Å²) in [6, 6.07) is 18.2. The van der Waals surface area contributed by atoms with Crippen LogP contribution in [0, 0.1) is 11.3 Å². The number of carbonyl (C=O) groups excluding carboxylic acids is 1. The van der Waals surface area contributed by atoms with E-state index in [0.29, 0.717) is 16.9 Å². The third-order valence-electron chi connectivity index (χ3n) is 3.83. The average molecular weight is 455 g/mol. The lowest BCUT2D eigenvalue weighted by molar-refractivity contribution is -0.115. The molecule has 1 aromatic heterocycles. The highest BCUT2D eigenvalue weighted by Crippen LogP contribution is 2.25. The van der Waals surface area contributed by atoms with Gasteiger partial charge < -0.3 is 10.3 Å². The number of rotatable bonds is 5. The fraction of sp³-hybridized carbons (Fsp3) is 0.100. The number of nitriles is 1. The molecule has 0 fully saturated rings. The summed E-state index contributed by atoms with van der Waals surface area (Å²) in [5.74, 6) is -0.222. The molecule has 0 unspecified atom stereocenters. The molecule has 0 aliphatic heterocycles. The third kappa shape index (κ3) is 4.68. The second-order valence-electron chi connectivity index (χ2n) is 5.83. The molecule has 0 aliphatic rings. The van der Waals surface area contributed by atoms with Crippen molar-refractivity contribution in [2.75, 3.05) is 5.32 Å². The molecule has 2 N–H and O–H groups in total. The predicted molar refractivity (Wildman–Crippen MR) is 113 cm³/mol. The van der Waals surface area contributed by atoms with E-state index < -0.39 is 10.8 Å². The van der Waals surface area contributed by atoms with Crippen LogP contribution >= 0.6 is 27.7 Å². The molecule has 6 nitrogen and oxygen atoms in total. The molecule has 0 saturated carbocycles. The monoisotopic (exact) mass is 454 g/mol. The van der Waals surface area contributed by atoms with Gasteiger partial charge in [-0.25, -0.2) is 4.98 Å². The van der Waals surface area contributed by atoms with E-state index in [2.05, 4.69) is 31.2 Å². The number of hydrogen-bond donors (Lipinski definition) is 2. The maximum absolute atomic E-state index is 12.4. The molecule has 0 saturated heterocycles.